The Hall–Kier alpha value is -2.14. The Kier molecular flexibility index (Phi) is 5.33. The first kappa shape index (κ1) is 16.2. The molecule has 1 aromatic carbocycles. The van der Waals surface area contributed by atoms with Crippen LogP contribution < -0.4 is 5.32 Å². The van der Waals surface area contributed by atoms with E-state index in [0.717, 1.165) is 6.42 Å². The van der Waals surface area contributed by atoms with E-state index in [0.29, 0.717) is 12.1 Å². The monoisotopic (exact) mass is 300 g/mol. The zero-order valence-corrected chi connectivity index (χ0v) is 13.7. The fraction of sp³-hybridized carbons (Fsp3) is 0.412. The highest BCUT2D eigenvalue weighted by Gasteiger charge is 2.16. The predicted molar refractivity (Wildman–Crippen MR) is 87.8 cm³/mol. The van der Waals surface area contributed by atoms with Crippen LogP contribution >= 0.6 is 0 Å². The summed E-state index contributed by atoms with van der Waals surface area (Å²) in [4.78, 5) is 14.2. The lowest BCUT2D eigenvalue weighted by Crippen LogP contribution is -2.34. The van der Waals surface area contributed by atoms with Gasteiger partial charge >= 0.3 is 0 Å². The van der Waals surface area contributed by atoms with E-state index in [1.165, 1.54) is 11.1 Å². The number of likely N-dealkylation sites (N-methyl/N-ethyl adjacent to an activating group) is 1. The molecule has 0 aliphatic rings. The van der Waals surface area contributed by atoms with Gasteiger partial charge in [-0.25, -0.2) is 0 Å². The van der Waals surface area contributed by atoms with Crippen LogP contribution in [0.3, 0.4) is 0 Å². The Balaban J connectivity index is 2.03. The first-order chi connectivity index (χ1) is 10.5. The molecule has 118 valence electrons. The molecule has 2 aromatic rings. The average molecular weight is 300 g/mol. The second-order valence-corrected chi connectivity index (χ2v) is 5.69. The van der Waals surface area contributed by atoms with Crippen LogP contribution in [-0.4, -0.2) is 41.2 Å². The maximum atomic E-state index is 12.1. The van der Waals surface area contributed by atoms with Gasteiger partial charge in [0.1, 0.15) is 0 Å². The lowest BCUT2D eigenvalue weighted by atomic mass is 10.0. The Bertz CT molecular complexity index is 616. The number of carbonyl (C=O) groups excluding carboxylic acids is 1. The number of nitrogens with zero attached hydrogens (tertiary/aromatic N) is 3. The Labute approximate surface area is 131 Å². The van der Waals surface area contributed by atoms with Gasteiger partial charge in [0.15, 0.2) is 0 Å². The minimum Gasteiger partial charge on any atom is -0.350 e. The fourth-order valence-electron chi connectivity index (χ4n) is 2.40. The number of aromatic nitrogens is 2. The van der Waals surface area contributed by atoms with Crippen molar-refractivity contribution in [1.82, 2.24) is 20.0 Å². The molecule has 1 aromatic heterocycles. The van der Waals surface area contributed by atoms with E-state index < -0.39 is 0 Å². The summed E-state index contributed by atoms with van der Waals surface area (Å²) in [6.07, 6.45) is 4.33. The zero-order valence-electron chi connectivity index (χ0n) is 13.7. The van der Waals surface area contributed by atoms with Gasteiger partial charge in [-0.3, -0.25) is 9.48 Å². The molecule has 0 fully saturated rings. The highest BCUT2D eigenvalue weighted by molar-refractivity contribution is 5.93. The maximum absolute atomic E-state index is 12.1. The fourth-order valence-corrected chi connectivity index (χ4v) is 2.40. The van der Waals surface area contributed by atoms with Crippen molar-refractivity contribution in [3.63, 3.8) is 0 Å². The van der Waals surface area contributed by atoms with Gasteiger partial charge in [0, 0.05) is 19.8 Å². The molecule has 2 rings (SSSR count). The van der Waals surface area contributed by atoms with Gasteiger partial charge in [-0.05, 0) is 31.6 Å². The number of amides is 1. The molecule has 0 saturated carbocycles. The number of carbonyl (C=O) groups is 1. The van der Waals surface area contributed by atoms with Crippen molar-refractivity contribution in [3.8, 4) is 0 Å². The number of nitrogens with one attached hydrogen (secondary N) is 1. The largest absolute Gasteiger partial charge is 0.350 e. The molecule has 1 heterocycles. The summed E-state index contributed by atoms with van der Waals surface area (Å²) in [5, 5.41) is 7.01. The second-order valence-electron chi connectivity index (χ2n) is 5.69. The molecule has 0 radical (unpaired) electrons. The molecule has 0 saturated heterocycles. The van der Waals surface area contributed by atoms with Crippen LogP contribution in [0, 0.1) is 0 Å². The summed E-state index contributed by atoms with van der Waals surface area (Å²) in [7, 11) is 5.85. The van der Waals surface area contributed by atoms with E-state index in [2.05, 4.69) is 46.5 Å². The first-order valence-electron chi connectivity index (χ1n) is 7.53. The van der Waals surface area contributed by atoms with Crippen LogP contribution in [0.2, 0.25) is 0 Å². The van der Waals surface area contributed by atoms with Crippen LogP contribution in [0.4, 0.5) is 0 Å². The van der Waals surface area contributed by atoms with Crippen LogP contribution in [0.25, 0.3) is 0 Å². The lowest BCUT2D eigenvalue weighted by Gasteiger charge is -2.25. The molecule has 1 amide bonds. The van der Waals surface area contributed by atoms with E-state index in [4.69, 9.17) is 0 Å². The Morgan fingerprint density at radius 2 is 2.00 bits per heavy atom. The summed E-state index contributed by atoms with van der Waals surface area (Å²) >= 11 is 0. The number of hydrogen-bond donors (Lipinski definition) is 1. The maximum Gasteiger partial charge on any atom is 0.254 e. The van der Waals surface area contributed by atoms with Crippen molar-refractivity contribution in [2.75, 3.05) is 20.6 Å². The highest BCUT2D eigenvalue weighted by atomic mass is 16.1. The van der Waals surface area contributed by atoms with Gasteiger partial charge in [-0.1, -0.05) is 31.2 Å². The number of rotatable bonds is 6. The minimum absolute atomic E-state index is 0.0925. The van der Waals surface area contributed by atoms with Crippen molar-refractivity contribution in [3.05, 3.63) is 53.3 Å². The normalized spacial score (nSPS) is 12.4. The van der Waals surface area contributed by atoms with Crippen LogP contribution in [-0.2, 0) is 13.5 Å². The summed E-state index contributed by atoms with van der Waals surface area (Å²) in [5.41, 5.74) is 3.11. The molecule has 0 aliphatic heterocycles. The molecule has 1 unspecified atom stereocenters. The van der Waals surface area contributed by atoms with E-state index >= 15 is 0 Å². The smallest absolute Gasteiger partial charge is 0.254 e. The van der Waals surface area contributed by atoms with Crippen molar-refractivity contribution < 1.29 is 4.79 Å². The van der Waals surface area contributed by atoms with E-state index in [1.54, 1.807) is 24.1 Å². The van der Waals surface area contributed by atoms with E-state index in [-0.39, 0.29) is 11.9 Å². The van der Waals surface area contributed by atoms with Crippen LogP contribution in [0.5, 0.6) is 0 Å². The molecule has 1 N–H and O–H groups in total. The van der Waals surface area contributed by atoms with Gasteiger partial charge in [0.05, 0.1) is 17.8 Å². The third-order valence-electron chi connectivity index (χ3n) is 3.82. The van der Waals surface area contributed by atoms with Crippen LogP contribution in [0.1, 0.15) is 34.5 Å². The molecule has 0 spiro atoms. The molecule has 5 nitrogen and oxygen atoms in total. The van der Waals surface area contributed by atoms with E-state index in [9.17, 15) is 4.79 Å². The Morgan fingerprint density at radius 1 is 1.32 bits per heavy atom. The molecular formula is C17H24N4O. The molecule has 0 bridgehead atoms. The minimum atomic E-state index is -0.0925. The quantitative estimate of drug-likeness (QED) is 0.888. The first-order valence-corrected chi connectivity index (χ1v) is 7.53. The van der Waals surface area contributed by atoms with Gasteiger partial charge in [-0.2, -0.15) is 5.10 Å². The predicted octanol–water partition coefficient (Wildman–Crippen LogP) is 2.02. The van der Waals surface area contributed by atoms with E-state index in [1.807, 2.05) is 14.1 Å². The average Bonchev–Trinajstić information content (AvgIpc) is 2.94. The van der Waals surface area contributed by atoms with Gasteiger partial charge < -0.3 is 10.2 Å². The standard InChI is InChI=1S/C17H24N4O/c1-5-13-6-8-14(9-7-13)16(20(2)3)11-18-17(22)15-10-19-21(4)12-15/h6-10,12,16H,5,11H2,1-4H3,(H,18,22). The van der Waals surface area contributed by atoms with Crippen molar-refractivity contribution in [2.24, 2.45) is 7.05 Å². The number of benzene rings is 1. The third kappa shape index (κ3) is 3.95. The summed E-state index contributed by atoms with van der Waals surface area (Å²) in [6, 6.07) is 8.72. The summed E-state index contributed by atoms with van der Waals surface area (Å²) < 4.78 is 1.63. The molecular weight excluding hydrogens is 276 g/mol. The SMILES string of the molecule is CCc1ccc(C(CNC(=O)c2cnn(C)c2)N(C)C)cc1. The van der Waals surface area contributed by atoms with Gasteiger partial charge in [0.2, 0.25) is 0 Å². The van der Waals surface area contributed by atoms with Crippen molar-refractivity contribution in [1.29, 1.82) is 0 Å². The van der Waals surface area contributed by atoms with Gasteiger partial charge in [-0.15, -0.1) is 0 Å². The summed E-state index contributed by atoms with van der Waals surface area (Å²) in [5.74, 6) is -0.0925. The topological polar surface area (TPSA) is 50.2 Å². The number of hydrogen-bond acceptors (Lipinski definition) is 3. The molecule has 0 aliphatic carbocycles. The zero-order chi connectivity index (χ0) is 16.1. The molecule has 1 atom stereocenters. The Morgan fingerprint density at radius 3 is 2.50 bits per heavy atom. The third-order valence-corrected chi connectivity index (χ3v) is 3.82. The van der Waals surface area contributed by atoms with Crippen molar-refractivity contribution in [2.45, 2.75) is 19.4 Å². The highest BCUT2D eigenvalue weighted by Crippen LogP contribution is 2.18. The van der Waals surface area contributed by atoms with Gasteiger partial charge in [0.25, 0.3) is 5.91 Å². The van der Waals surface area contributed by atoms with Crippen molar-refractivity contribution >= 4 is 5.91 Å². The van der Waals surface area contributed by atoms with Crippen LogP contribution in [0.15, 0.2) is 36.7 Å². The summed E-state index contributed by atoms with van der Waals surface area (Å²) in [6.45, 7) is 2.71. The second kappa shape index (κ2) is 7.22. The molecule has 5 heteroatoms. The number of aryl methyl sites for hydroxylation is 2. The lowest BCUT2D eigenvalue weighted by molar-refractivity contribution is 0.0942. The molecule has 22 heavy (non-hydrogen) atoms.